The lowest BCUT2D eigenvalue weighted by molar-refractivity contribution is 1.28. The number of anilines is 6. The van der Waals surface area contributed by atoms with Crippen molar-refractivity contribution in [2.24, 2.45) is 0 Å². The average molecular weight is 631 g/mol. The van der Waals surface area contributed by atoms with E-state index in [2.05, 4.69) is 206 Å². The quantitative estimate of drug-likeness (QED) is 0.173. The zero-order chi connectivity index (χ0) is 33.3. The molecule has 0 atom stereocenters. The molecule has 0 aromatic heterocycles. The molecule has 0 aliphatic heterocycles. The Bertz CT molecular complexity index is 2410. The van der Waals surface area contributed by atoms with Crippen LogP contribution in [-0.4, -0.2) is 0 Å². The normalized spacial score (nSPS) is 11.2. The fourth-order valence-corrected chi connectivity index (χ4v) is 6.97. The third-order valence-electron chi connectivity index (χ3n) is 9.37. The minimum absolute atomic E-state index is 1.12. The van der Waals surface area contributed by atoms with Gasteiger partial charge in [0, 0.05) is 33.5 Å². The van der Waals surface area contributed by atoms with Crippen molar-refractivity contribution in [1.82, 2.24) is 0 Å². The standard InChI is InChI=1S/C47H38N2/c1-33-10-7-15-43(32-33)49(47-17-9-12-39-31-35(3)19-29-45(39)47)42-26-22-37(23-27-42)36-20-24-41(25-21-36)48(40-13-5-4-6-14-40)46-16-8-11-38-30-34(2)18-28-44(38)46/h4-32H,1-3H3. The number of fused-ring (bicyclic) bond motifs is 2. The van der Waals surface area contributed by atoms with Gasteiger partial charge in [-0.05, 0) is 109 Å². The molecule has 49 heavy (non-hydrogen) atoms. The van der Waals surface area contributed by atoms with Gasteiger partial charge in [0.15, 0.2) is 0 Å². The van der Waals surface area contributed by atoms with Crippen LogP contribution in [0.5, 0.6) is 0 Å². The Kier molecular flexibility index (Phi) is 7.91. The van der Waals surface area contributed by atoms with Gasteiger partial charge < -0.3 is 9.80 Å². The molecule has 2 nitrogen and oxygen atoms in total. The van der Waals surface area contributed by atoms with E-state index in [1.54, 1.807) is 0 Å². The molecular weight excluding hydrogens is 593 g/mol. The highest BCUT2D eigenvalue weighted by atomic mass is 15.1. The van der Waals surface area contributed by atoms with E-state index in [9.17, 15) is 0 Å². The van der Waals surface area contributed by atoms with Gasteiger partial charge in [-0.2, -0.15) is 0 Å². The number of rotatable bonds is 7. The van der Waals surface area contributed by atoms with Crippen LogP contribution in [-0.2, 0) is 0 Å². The molecule has 0 aliphatic rings. The van der Waals surface area contributed by atoms with Crippen LogP contribution in [0.3, 0.4) is 0 Å². The van der Waals surface area contributed by atoms with Crippen molar-refractivity contribution < 1.29 is 0 Å². The fraction of sp³-hybridized carbons (Fsp3) is 0.0638. The maximum absolute atomic E-state index is 2.38. The van der Waals surface area contributed by atoms with E-state index in [1.807, 2.05) is 0 Å². The van der Waals surface area contributed by atoms with E-state index in [1.165, 1.54) is 60.7 Å². The number of hydrogen-bond acceptors (Lipinski definition) is 2. The van der Waals surface area contributed by atoms with E-state index in [4.69, 9.17) is 0 Å². The van der Waals surface area contributed by atoms with Crippen LogP contribution < -0.4 is 9.80 Å². The number of aryl methyl sites for hydroxylation is 3. The molecule has 0 N–H and O–H groups in total. The third kappa shape index (κ3) is 5.94. The largest absolute Gasteiger partial charge is 0.310 e. The Morgan fingerprint density at radius 3 is 1.24 bits per heavy atom. The van der Waals surface area contributed by atoms with Crippen LogP contribution in [0.2, 0.25) is 0 Å². The maximum atomic E-state index is 2.38. The van der Waals surface area contributed by atoms with Crippen molar-refractivity contribution in [3.63, 3.8) is 0 Å². The highest BCUT2D eigenvalue weighted by Crippen LogP contribution is 2.42. The highest BCUT2D eigenvalue weighted by molar-refractivity contribution is 6.00. The van der Waals surface area contributed by atoms with Crippen molar-refractivity contribution in [3.8, 4) is 11.1 Å². The summed E-state index contributed by atoms with van der Waals surface area (Å²) in [6, 6.07) is 63.9. The number of para-hydroxylation sites is 1. The van der Waals surface area contributed by atoms with E-state index in [-0.39, 0.29) is 0 Å². The monoisotopic (exact) mass is 630 g/mol. The predicted molar refractivity (Wildman–Crippen MR) is 210 cm³/mol. The molecule has 8 aromatic rings. The fourth-order valence-electron chi connectivity index (χ4n) is 6.97. The molecule has 0 amide bonds. The summed E-state index contributed by atoms with van der Waals surface area (Å²) in [5.74, 6) is 0. The van der Waals surface area contributed by atoms with Crippen LogP contribution in [0.1, 0.15) is 16.7 Å². The van der Waals surface area contributed by atoms with Crippen molar-refractivity contribution in [1.29, 1.82) is 0 Å². The third-order valence-corrected chi connectivity index (χ3v) is 9.37. The minimum Gasteiger partial charge on any atom is -0.310 e. The summed E-state index contributed by atoms with van der Waals surface area (Å²) in [6.45, 7) is 6.46. The molecule has 0 heterocycles. The van der Waals surface area contributed by atoms with Crippen LogP contribution in [0.25, 0.3) is 32.7 Å². The van der Waals surface area contributed by atoms with Gasteiger partial charge in [-0.25, -0.2) is 0 Å². The summed E-state index contributed by atoms with van der Waals surface area (Å²) in [7, 11) is 0. The van der Waals surface area contributed by atoms with E-state index >= 15 is 0 Å². The smallest absolute Gasteiger partial charge is 0.0540 e. The molecule has 8 aromatic carbocycles. The lowest BCUT2D eigenvalue weighted by Crippen LogP contribution is -2.10. The first-order valence-corrected chi connectivity index (χ1v) is 16.9. The van der Waals surface area contributed by atoms with Gasteiger partial charge in [-0.15, -0.1) is 0 Å². The highest BCUT2D eigenvalue weighted by Gasteiger charge is 2.17. The topological polar surface area (TPSA) is 6.48 Å². The first-order chi connectivity index (χ1) is 24.0. The Hall–Kier alpha value is -6.12. The molecule has 0 bridgehead atoms. The lowest BCUT2D eigenvalue weighted by atomic mass is 10.0. The zero-order valence-electron chi connectivity index (χ0n) is 28.1. The molecule has 0 spiro atoms. The van der Waals surface area contributed by atoms with Crippen molar-refractivity contribution in [2.75, 3.05) is 9.80 Å². The summed E-state index contributed by atoms with van der Waals surface area (Å²) in [5, 5.41) is 4.96. The second-order valence-electron chi connectivity index (χ2n) is 12.9. The molecule has 8 rings (SSSR count). The van der Waals surface area contributed by atoms with Gasteiger partial charge in [0.25, 0.3) is 0 Å². The molecule has 0 saturated carbocycles. The van der Waals surface area contributed by atoms with Gasteiger partial charge in [0.05, 0.1) is 11.4 Å². The van der Waals surface area contributed by atoms with Gasteiger partial charge in [-0.1, -0.05) is 126 Å². The second-order valence-corrected chi connectivity index (χ2v) is 12.9. The molecule has 0 radical (unpaired) electrons. The Labute approximate surface area is 289 Å². The Balaban J connectivity index is 1.17. The van der Waals surface area contributed by atoms with Gasteiger partial charge in [-0.3, -0.25) is 0 Å². The van der Waals surface area contributed by atoms with Gasteiger partial charge in [0.1, 0.15) is 0 Å². The Morgan fingerprint density at radius 1 is 0.306 bits per heavy atom. The maximum Gasteiger partial charge on any atom is 0.0540 e. The number of hydrogen-bond donors (Lipinski definition) is 0. The van der Waals surface area contributed by atoms with Crippen molar-refractivity contribution in [3.05, 3.63) is 193 Å². The first-order valence-electron chi connectivity index (χ1n) is 16.9. The van der Waals surface area contributed by atoms with E-state index < -0.39 is 0 Å². The molecule has 0 saturated heterocycles. The summed E-state index contributed by atoms with van der Waals surface area (Å²) in [4.78, 5) is 4.73. The van der Waals surface area contributed by atoms with Crippen LogP contribution >= 0.6 is 0 Å². The summed E-state index contributed by atoms with van der Waals surface area (Å²) in [5.41, 5.74) is 13.0. The SMILES string of the molecule is Cc1cccc(N(c2ccc(-c3ccc(N(c4ccccc4)c4cccc5cc(C)ccc45)cc3)cc2)c2cccc3cc(C)ccc23)c1. The lowest BCUT2D eigenvalue weighted by Gasteiger charge is -2.28. The summed E-state index contributed by atoms with van der Waals surface area (Å²) >= 11 is 0. The average Bonchev–Trinajstić information content (AvgIpc) is 3.13. The zero-order valence-corrected chi connectivity index (χ0v) is 28.1. The second kappa shape index (κ2) is 12.8. The molecule has 0 unspecified atom stereocenters. The molecule has 0 fully saturated rings. The van der Waals surface area contributed by atoms with E-state index in [0.29, 0.717) is 0 Å². The van der Waals surface area contributed by atoms with Crippen LogP contribution in [0.15, 0.2) is 176 Å². The molecule has 236 valence electrons. The number of nitrogens with zero attached hydrogens (tertiary/aromatic N) is 2. The molecule has 0 aliphatic carbocycles. The summed E-state index contributed by atoms with van der Waals surface area (Å²) < 4.78 is 0. The van der Waals surface area contributed by atoms with Crippen molar-refractivity contribution >= 4 is 55.7 Å². The summed E-state index contributed by atoms with van der Waals surface area (Å²) in [6.07, 6.45) is 0. The first kappa shape index (κ1) is 30.2. The molecule has 2 heteroatoms. The van der Waals surface area contributed by atoms with Gasteiger partial charge >= 0.3 is 0 Å². The van der Waals surface area contributed by atoms with Gasteiger partial charge in [0.2, 0.25) is 0 Å². The minimum atomic E-state index is 1.12. The molecular formula is C47H38N2. The van der Waals surface area contributed by atoms with Crippen molar-refractivity contribution in [2.45, 2.75) is 20.8 Å². The Morgan fingerprint density at radius 2 is 0.735 bits per heavy atom. The van der Waals surface area contributed by atoms with Crippen LogP contribution in [0, 0.1) is 20.8 Å². The predicted octanol–water partition coefficient (Wildman–Crippen LogP) is 13.5. The van der Waals surface area contributed by atoms with E-state index in [0.717, 1.165) is 22.7 Å². The van der Waals surface area contributed by atoms with Crippen LogP contribution in [0.4, 0.5) is 34.1 Å². The number of benzene rings is 8.